The Morgan fingerprint density at radius 1 is 1.03 bits per heavy atom. The molecular formula is C23H22BrN3O2. The summed E-state index contributed by atoms with van der Waals surface area (Å²) in [5, 5.41) is 7.22. The Bertz CT molecular complexity index is 959. The van der Waals surface area contributed by atoms with E-state index in [9.17, 15) is 4.79 Å². The maximum atomic E-state index is 12.3. The Morgan fingerprint density at radius 2 is 1.72 bits per heavy atom. The Labute approximate surface area is 178 Å². The smallest absolute Gasteiger partial charge is 0.262 e. The van der Waals surface area contributed by atoms with E-state index in [1.165, 1.54) is 0 Å². The zero-order chi connectivity index (χ0) is 20.5. The van der Waals surface area contributed by atoms with Crippen LogP contribution in [0.25, 0.3) is 0 Å². The van der Waals surface area contributed by atoms with Crippen molar-refractivity contribution < 1.29 is 9.53 Å². The van der Waals surface area contributed by atoms with Crippen molar-refractivity contribution in [2.45, 2.75) is 19.6 Å². The average molecular weight is 452 g/mol. The van der Waals surface area contributed by atoms with Crippen molar-refractivity contribution in [1.29, 1.82) is 0 Å². The van der Waals surface area contributed by atoms with Crippen LogP contribution in [0.4, 0.5) is 5.69 Å². The molecule has 0 bridgehead atoms. The molecule has 148 valence electrons. The molecule has 1 atom stereocenters. The number of halogens is 1. The molecule has 3 aromatic rings. The molecule has 29 heavy (non-hydrogen) atoms. The molecule has 5 nitrogen and oxygen atoms in total. The standard InChI is InChI=1S/C23H22BrN3O2/c1-17(26-21-13-11-20(24)12-14-21)23(28)27-25-15-19-9-5-6-10-22(19)29-16-18-7-3-2-4-8-18/h2-15,17,26H,16H2,1H3,(H,27,28)/t17-/m1/s1. The number of hydrazone groups is 1. The van der Waals surface area contributed by atoms with Crippen molar-refractivity contribution in [3.8, 4) is 5.75 Å². The molecule has 0 saturated carbocycles. The number of anilines is 1. The van der Waals surface area contributed by atoms with Crippen LogP contribution < -0.4 is 15.5 Å². The van der Waals surface area contributed by atoms with Gasteiger partial charge in [-0.25, -0.2) is 5.43 Å². The fourth-order valence-electron chi connectivity index (χ4n) is 2.58. The topological polar surface area (TPSA) is 62.7 Å². The Balaban J connectivity index is 1.55. The first-order valence-corrected chi connectivity index (χ1v) is 10.0. The van der Waals surface area contributed by atoms with E-state index in [-0.39, 0.29) is 5.91 Å². The summed E-state index contributed by atoms with van der Waals surface area (Å²) in [5.74, 6) is 0.474. The molecule has 1 amide bonds. The lowest BCUT2D eigenvalue weighted by molar-refractivity contribution is -0.121. The van der Waals surface area contributed by atoms with Crippen LogP contribution in [0.15, 0.2) is 88.4 Å². The van der Waals surface area contributed by atoms with Crippen molar-refractivity contribution >= 4 is 33.7 Å². The van der Waals surface area contributed by atoms with Gasteiger partial charge in [0.2, 0.25) is 0 Å². The van der Waals surface area contributed by atoms with Crippen LogP contribution in [0.5, 0.6) is 5.75 Å². The van der Waals surface area contributed by atoms with E-state index in [0.29, 0.717) is 12.4 Å². The average Bonchev–Trinajstić information content (AvgIpc) is 2.75. The number of benzene rings is 3. The molecule has 0 aliphatic heterocycles. The largest absolute Gasteiger partial charge is 0.488 e. The molecule has 0 radical (unpaired) electrons. The normalized spacial score (nSPS) is 11.8. The van der Waals surface area contributed by atoms with Crippen molar-refractivity contribution in [3.63, 3.8) is 0 Å². The van der Waals surface area contributed by atoms with Gasteiger partial charge in [0.05, 0.1) is 6.21 Å². The molecule has 0 spiro atoms. The molecule has 6 heteroatoms. The summed E-state index contributed by atoms with van der Waals surface area (Å²) in [6.07, 6.45) is 1.59. The zero-order valence-corrected chi connectivity index (χ0v) is 17.6. The van der Waals surface area contributed by atoms with Gasteiger partial charge in [-0.1, -0.05) is 58.4 Å². The van der Waals surface area contributed by atoms with Crippen molar-refractivity contribution in [3.05, 3.63) is 94.5 Å². The molecule has 3 aromatic carbocycles. The van der Waals surface area contributed by atoms with Crippen LogP contribution >= 0.6 is 15.9 Å². The van der Waals surface area contributed by atoms with Gasteiger partial charge in [-0.3, -0.25) is 4.79 Å². The fourth-order valence-corrected chi connectivity index (χ4v) is 2.84. The van der Waals surface area contributed by atoms with Gasteiger partial charge in [0, 0.05) is 15.7 Å². The summed E-state index contributed by atoms with van der Waals surface area (Å²) in [6, 6.07) is 24.7. The van der Waals surface area contributed by atoms with Gasteiger partial charge in [0.15, 0.2) is 0 Å². The van der Waals surface area contributed by atoms with E-state index >= 15 is 0 Å². The third-order valence-electron chi connectivity index (χ3n) is 4.16. The minimum absolute atomic E-state index is 0.230. The monoisotopic (exact) mass is 451 g/mol. The zero-order valence-electron chi connectivity index (χ0n) is 16.0. The maximum absolute atomic E-state index is 12.3. The first kappa shape index (κ1) is 20.6. The molecule has 0 unspecified atom stereocenters. The van der Waals surface area contributed by atoms with E-state index in [2.05, 4.69) is 31.8 Å². The van der Waals surface area contributed by atoms with Crippen LogP contribution in [0, 0.1) is 0 Å². The van der Waals surface area contributed by atoms with Crippen LogP contribution in [0.2, 0.25) is 0 Å². The summed E-state index contributed by atoms with van der Waals surface area (Å²) in [7, 11) is 0. The highest BCUT2D eigenvalue weighted by Crippen LogP contribution is 2.18. The van der Waals surface area contributed by atoms with E-state index < -0.39 is 6.04 Å². The lowest BCUT2D eigenvalue weighted by Crippen LogP contribution is -2.34. The predicted octanol–water partition coefficient (Wildman–Crippen LogP) is 4.98. The van der Waals surface area contributed by atoms with Gasteiger partial charge in [-0.05, 0) is 48.9 Å². The lowest BCUT2D eigenvalue weighted by atomic mass is 10.2. The molecule has 2 N–H and O–H groups in total. The number of hydrogen-bond donors (Lipinski definition) is 2. The summed E-state index contributed by atoms with van der Waals surface area (Å²) in [5.41, 5.74) is 5.30. The van der Waals surface area contributed by atoms with E-state index in [4.69, 9.17) is 4.74 Å². The van der Waals surface area contributed by atoms with Gasteiger partial charge < -0.3 is 10.1 Å². The Hall–Kier alpha value is -3.12. The Kier molecular flexibility index (Phi) is 7.41. The number of carbonyl (C=O) groups excluding carboxylic acids is 1. The summed E-state index contributed by atoms with van der Waals surface area (Å²) in [4.78, 5) is 12.3. The highest BCUT2D eigenvalue weighted by Gasteiger charge is 2.11. The van der Waals surface area contributed by atoms with Crippen LogP contribution in [0.1, 0.15) is 18.1 Å². The molecule has 0 aliphatic rings. The van der Waals surface area contributed by atoms with Crippen LogP contribution in [-0.4, -0.2) is 18.2 Å². The molecular weight excluding hydrogens is 430 g/mol. The van der Waals surface area contributed by atoms with Gasteiger partial charge in [0.1, 0.15) is 18.4 Å². The number of carbonyl (C=O) groups is 1. The number of ether oxygens (including phenoxy) is 1. The summed E-state index contributed by atoms with van der Waals surface area (Å²) >= 11 is 3.39. The number of amides is 1. The van der Waals surface area contributed by atoms with E-state index in [0.717, 1.165) is 21.3 Å². The Morgan fingerprint density at radius 3 is 2.48 bits per heavy atom. The second-order valence-corrected chi connectivity index (χ2v) is 7.33. The number of nitrogens with zero attached hydrogens (tertiary/aromatic N) is 1. The SMILES string of the molecule is C[C@@H](Nc1ccc(Br)cc1)C(=O)NN=Cc1ccccc1OCc1ccccc1. The highest BCUT2D eigenvalue weighted by molar-refractivity contribution is 9.10. The number of rotatable bonds is 8. The molecule has 0 aromatic heterocycles. The third kappa shape index (κ3) is 6.47. The third-order valence-corrected chi connectivity index (χ3v) is 4.68. The van der Waals surface area contributed by atoms with Crippen molar-refractivity contribution in [1.82, 2.24) is 5.43 Å². The highest BCUT2D eigenvalue weighted by atomic mass is 79.9. The predicted molar refractivity (Wildman–Crippen MR) is 120 cm³/mol. The minimum atomic E-state index is -0.433. The van der Waals surface area contributed by atoms with E-state index in [1.807, 2.05) is 78.9 Å². The summed E-state index contributed by atoms with van der Waals surface area (Å²) in [6.45, 7) is 2.25. The lowest BCUT2D eigenvalue weighted by Gasteiger charge is -2.13. The molecule has 3 rings (SSSR count). The number of para-hydroxylation sites is 1. The van der Waals surface area contributed by atoms with Gasteiger partial charge in [-0.15, -0.1) is 0 Å². The second-order valence-electron chi connectivity index (χ2n) is 6.42. The minimum Gasteiger partial charge on any atom is -0.488 e. The molecule has 0 fully saturated rings. The van der Waals surface area contributed by atoms with Gasteiger partial charge >= 0.3 is 0 Å². The summed E-state index contributed by atoms with van der Waals surface area (Å²) < 4.78 is 6.88. The molecule has 0 heterocycles. The van der Waals surface area contributed by atoms with Crippen molar-refractivity contribution in [2.24, 2.45) is 5.10 Å². The first-order valence-electron chi connectivity index (χ1n) is 9.22. The number of hydrogen-bond acceptors (Lipinski definition) is 4. The van der Waals surface area contributed by atoms with Crippen LogP contribution in [0.3, 0.4) is 0 Å². The number of nitrogens with one attached hydrogen (secondary N) is 2. The van der Waals surface area contributed by atoms with E-state index in [1.54, 1.807) is 13.1 Å². The quantitative estimate of drug-likeness (QED) is 0.375. The molecule has 0 aliphatic carbocycles. The fraction of sp³-hybridized carbons (Fsp3) is 0.130. The van der Waals surface area contributed by atoms with Crippen molar-refractivity contribution in [2.75, 3.05) is 5.32 Å². The second kappa shape index (κ2) is 10.4. The molecule has 0 saturated heterocycles. The van der Waals surface area contributed by atoms with Gasteiger partial charge in [0.25, 0.3) is 5.91 Å². The first-order chi connectivity index (χ1) is 14.1. The van der Waals surface area contributed by atoms with Gasteiger partial charge in [-0.2, -0.15) is 5.10 Å². The maximum Gasteiger partial charge on any atom is 0.262 e. The van der Waals surface area contributed by atoms with Crippen LogP contribution in [-0.2, 0) is 11.4 Å².